The molecular formula is C10H21N3O3. The molecule has 0 fully saturated rings. The molecule has 0 radical (unpaired) electrons. The number of hydrogen-bond donors (Lipinski definition) is 1. The van der Waals surface area contributed by atoms with E-state index in [-0.39, 0.29) is 0 Å². The van der Waals surface area contributed by atoms with Crippen LogP contribution in [0.5, 0.6) is 0 Å². The maximum absolute atomic E-state index is 8.36. The Bertz CT molecular complexity index is 217. The molecule has 1 heterocycles. The van der Waals surface area contributed by atoms with Crippen molar-refractivity contribution in [2.45, 2.75) is 32.6 Å². The second-order valence-electron chi connectivity index (χ2n) is 3.81. The fraction of sp³-hybridized carbons (Fsp3) is 0.800. The van der Waals surface area contributed by atoms with Crippen LogP contribution in [0.25, 0.3) is 0 Å². The Kier molecular flexibility index (Phi) is 8.01. The van der Waals surface area contributed by atoms with Crippen LogP contribution in [0, 0.1) is 10.1 Å². The zero-order valence-corrected chi connectivity index (χ0v) is 10.0. The zero-order valence-electron chi connectivity index (χ0n) is 10.0. The van der Waals surface area contributed by atoms with Crippen LogP contribution >= 0.6 is 0 Å². The molecule has 16 heavy (non-hydrogen) atoms. The molecule has 0 saturated carbocycles. The first-order valence-electron chi connectivity index (χ1n) is 5.52. The number of unbranched alkanes of at least 4 members (excludes halogenated alkanes) is 3. The summed E-state index contributed by atoms with van der Waals surface area (Å²) in [6.45, 7) is 4.55. The maximum atomic E-state index is 8.36. The molecule has 0 atom stereocenters. The maximum Gasteiger partial charge on any atom is 0.291 e. The highest BCUT2D eigenvalue weighted by Gasteiger charge is 2.06. The molecule has 6 nitrogen and oxygen atoms in total. The van der Waals surface area contributed by atoms with E-state index in [9.17, 15) is 0 Å². The van der Waals surface area contributed by atoms with Gasteiger partial charge in [0.05, 0.1) is 6.67 Å². The molecule has 0 bridgehead atoms. The van der Waals surface area contributed by atoms with Gasteiger partial charge < -0.3 is 15.0 Å². The SMILES string of the molecule is CCCCCCN1C=CN(C)C1.O=[N+]([O-])O. The van der Waals surface area contributed by atoms with E-state index in [1.807, 2.05) is 0 Å². The largest absolute Gasteiger partial charge is 0.362 e. The van der Waals surface area contributed by atoms with Crippen molar-refractivity contribution in [1.29, 1.82) is 0 Å². The summed E-state index contributed by atoms with van der Waals surface area (Å²) in [4.78, 5) is 12.9. The molecule has 6 heteroatoms. The standard InChI is InChI=1S/C10H20N2.HNO3/c1-3-4-5-6-7-12-9-8-11(2)10-12;2-1(3)4/h8-9H,3-7,10H2,1-2H3;(H,2,3,4). The van der Waals surface area contributed by atoms with Crippen molar-refractivity contribution in [3.63, 3.8) is 0 Å². The predicted molar refractivity (Wildman–Crippen MR) is 61.4 cm³/mol. The molecule has 0 aromatic heterocycles. The first kappa shape index (κ1) is 14.5. The van der Waals surface area contributed by atoms with Crippen LogP contribution in [-0.4, -0.2) is 40.4 Å². The molecule has 0 aromatic rings. The second kappa shape index (κ2) is 8.82. The highest BCUT2D eigenvalue weighted by atomic mass is 16.9. The molecular weight excluding hydrogens is 210 g/mol. The Morgan fingerprint density at radius 2 is 2.00 bits per heavy atom. The summed E-state index contributed by atoms with van der Waals surface area (Å²) in [5.74, 6) is 0. The summed E-state index contributed by atoms with van der Waals surface area (Å²) in [6, 6.07) is 0. The molecule has 0 aliphatic carbocycles. The summed E-state index contributed by atoms with van der Waals surface area (Å²) in [7, 11) is 2.11. The van der Waals surface area contributed by atoms with Gasteiger partial charge in [0.15, 0.2) is 0 Å². The highest BCUT2D eigenvalue weighted by molar-refractivity contribution is 4.88. The third kappa shape index (κ3) is 9.11. The summed E-state index contributed by atoms with van der Waals surface area (Å²) in [5, 5.41) is 13.6. The monoisotopic (exact) mass is 231 g/mol. The molecule has 94 valence electrons. The van der Waals surface area contributed by atoms with Crippen molar-refractivity contribution in [3.05, 3.63) is 22.5 Å². The van der Waals surface area contributed by atoms with Gasteiger partial charge in [0.1, 0.15) is 0 Å². The van der Waals surface area contributed by atoms with Crippen molar-refractivity contribution in [2.24, 2.45) is 0 Å². The summed E-state index contributed by atoms with van der Waals surface area (Å²) >= 11 is 0. The van der Waals surface area contributed by atoms with Crippen LogP contribution in [0.15, 0.2) is 12.4 Å². The van der Waals surface area contributed by atoms with E-state index >= 15 is 0 Å². The molecule has 0 spiro atoms. The van der Waals surface area contributed by atoms with Crippen LogP contribution in [0.2, 0.25) is 0 Å². The van der Waals surface area contributed by atoms with Gasteiger partial charge in [-0.2, -0.15) is 0 Å². The fourth-order valence-corrected chi connectivity index (χ4v) is 1.48. The smallest absolute Gasteiger partial charge is 0.291 e. The minimum atomic E-state index is -1.50. The quantitative estimate of drug-likeness (QED) is 0.444. The molecule has 0 unspecified atom stereocenters. The van der Waals surface area contributed by atoms with E-state index in [2.05, 4.69) is 36.2 Å². The number of rotatable bonds is 5. The minimum Gasteiger partial charge on any atom is -0.362 e. The van der Waals surface area contributed by atoms with Crippen molar-refractivity contribution in [3.8, 4) is 0 Å². The zero-order chi connectivity index (χ0) is 12.4. The third-order valence-electron chi connectivity index (χ3n) is 2.24. The Morgan fingerprint density at radius 1 is 1.38 bits per heavy atom. The Morgan fingerprint density at radius 3 is 2.44 bits per heavy atom. The summed E-state index contributed by atoms with van der Waals surface area (Å²) in [5.41, 5.74) is 0. The van der Waals surface area contributed by atoms with E-state index in [1.54, 1.807) is 0 Å². The Balaban J connectivity index is 0.000000487. The highest BCUT2D eigenvalue weighted by Crippen LogP contribution is 2.06. The number of nitrogens with zero attached hydrogens (tertiary/aromatic N) is 3. The normalized spacial score (nSPS) is 13.6. The van der Waals surface area contributed by atoms with E-state index in [4.69, 9.17) is 15.3 Å². The lowest BCUT2D eigenvalue weighted by Crippen LogP contribution is -2.23. The molecule has 0 aromatic carbocycles. The van der Waals surface area contributed by atoms with Gasteiger partial charge in [0.2, 0.25) is 0 Å². The topological polar surface area (TPSA) is 69.9 Å². The van der Waals surface area contributed by atoms with Crippen LogP contribution in [0.1, 0.15) is 32.6 Å². The molecule has 1 aliphatic rings. The lowest BCUT2D eigenvalue weighted by atomic mass is 10.2. The third-order valence-corrected chi connectivity index (χ3v) is 2.24. The second-order valence-corrected chi connectivity index (χ2v) is 3.81. The average Bonchev–Trinajstić information content (AvgIpc) is 2.58. The summed E-state index contributed by atoms with van der Waals surface area (Å²) < 4.78 is 0. The van der Waals surface area contributed by atoms with E-state index in [0.717, 1.165) is 6.67 Å². The molecule has 1 aliphatic heterocycles. The fourth-order valence-electron chi connectivity index (χ4n) is 1.48. The molecule has 1 N–H and O–H groups in total. The molecule has 0 saturated heterocycles. The minimum absolute atomic E-state index is 1.08. The lowest BCUT2D eigenvalue weighted by Gasteiger charge is -2.17. The van der Waals surface area contributed by atoms with E-state index in [1.165, 1.54) is 32.2 Å². The average molecular weight is 231 g/mol. The van der Waals surface area contributed by atoms with Crippen molar-refractivity contribution >= 4 is 0 Å². The van der Waals surface area contributed by atoms with Crippen molar-refractivity contribution < 1.29 is 10.3 Å². The Labute approximate surface area is 96.3 Å². The molecule has 0 amide bonds. The van der Waals surface area contributed by atoms with Gasteiger partial charge >= 0.3 is 0 Å². The van der Waals surface area contributed by atoms with Crippen molar-refractivity contribution in [1.82, 2.24) is 9.80 Å². The van der Waals surface area contributed by atoms with Gasteiger partial charge in [0.25, 0.3) is 5.09 Å². The Hall–Kier alpha value is -1.46. The predicted octanol–water partition coefficient (Wildman–Crippen LogP) is 1.90. The van der Waals surface area contributed by atoms with Crippen LogP contribution in [-0.2, 0) is 0 Å². The van der Waals surface area contributed by atoms with Gasteiger partial charge in [-0.1, -0.05) is 26.2 Å². The first-order chi connectivity index (χ1) is 7.56. The van der Waals surface area contributed by atoms with Crippen molar-refractivity contribution in [2.75, 3.05) is 20.3 Å². The van der Waals surface area contributed by atoms with Gasteiger partial charge in [-0.05, 0) is 6.42 Å². The number of hydrogen-bond acceptors (Lipinski definition) is 4. The van der Waals surface area contributed by atoms with Crippen LogP contribution < -0.4 is 0 Å². The van der Waals surface area contributed by atoms with Gasteiger partial charge in [-0.25, -0.2) is 0 Å². The summed E-state index contributed by atoms with van der Waals surface area (Å²) in [6.07, 6.45) is 9.76. The van der Waals surface area contributed by atoms with Gasteiger partial charge in [-0.15, -0.1) is 10.1 Å². The van der Waals surface area contributed by atoms with Crippen LogP contribution in [0.4, 0.5) is 0 Å². The lowest BCUT2D eigenvalue weighted by molar-refractivity contribution is -0.742. The van der Waals surface area contributed by atoms with E-state index < -0.39 is 5.09 Å². The first-order valence-corrected chi connectivity index (χ1v) is 5.52. The van der Waals surface area contributed by atoms with Crippen LogP contribution in [0.3, 0.4) is 0 Å². The van der Waals surface area contributed by atoms with Gasteiger partial charge in [-0.3, -0.25) is 0 Å². The van der Waals surface area contributed by atoms with Gasteiger partial charge in [0, 0.05) is 26.0 Å². The molecule has 1 rings (SSSR count). The van der Waals surface area contributed by atoms with E-state index in [0.29, 0.717) is 0 Å².